The highest BCUT2D eigenvalue weighted by Gasteiger charge is 2.24. The van der Waals surface area contributed by atoms with Gasteiger partial charge in [0.25, 0.3) is 0 Å². The van der Waals surface area contributed by atoms with E-state index in [1.807, 2.05) is 36.4 Å². The van der Waals surface area contributed by atoms with E-state index < -0.39 is 0 Å². The molecule has 0 aliphatic rings. The Morgan fingerprint density at radius 3 is 0.838 bits per heavy atom. The first-order valence-electron chi connectivity index (χ1n) is 27.2. The van der Waals surface area contributed by atoms with Crippen LogP contribution in [-0.2, 0) is 0 Å². The molecule has 0 saturated carbocycles. The number of benzene rings is 12. The zero-order chi connectivity index (χ0) is 52.9. The molecule has 0 unspecified atom stereocenters. The summed E-state index contributed by atoms with van der Waals surface area (Å²) in [6.07, 6.45) is 0. The lowest BCUT2D eigenvalue weighted by Crippen LogP contribution is -2.04. The molecule has 15 rings (SSSR count). The van der Waals surface area contributed by atoms with Crippen molar-refractivity contribution in [1.82, 2.24) is 24.1 Å². The number of nitrogens with zero attached hydrogens (tertiary/aromatic N) is 5. The van der Waals surface area contributed by atoms with Crippen LogP contribution in [0.4, 0.5) is 0 Å². The van der Waals surface area contributed by atoms with Crippen LogP contribution in [0.1, 0.15) is 0 Å². The average molecular weight is 1020 g/mol. The topological polar surface area (TPSA) is 48.5 Å². The molecule has 0 aliphatic heterocycles. The SMILES string of the molecule is c1ccc(-c2ccc3c(c2)c2cc(-c4ccccc4)ccc2n3-c2ccccc2-c2ccc(-n3c4ccc(-c5ccccc5)cc4c4cc(-c5ccccc5)ccc43)c(-c3nc(-c4ccccc4)nc(-c4ccccc4)n3)c2)cc1. The van der Waals surface area contributed by atoms with Crippen LogP contribution in [0.15, 0.2) is 297 Å². The summed E-state index contributed by atoms with van der Waals surface area (Å²) in [4.78, 5) is 16.1. The maximum absolute atomic E-state index is 5.45. The fourth-order valence-corrected chi connectivity index (χ4v) is 11.7. The molecular formula is C75H49N5. The van der Waals surface area contributed by atoms with E-state index in [9.17, 15) is 0 Å². The van der Waals surface area contributed by atoms with Crippen LogP contribution >= 0.6 is 0 Å². The zero-order valence-electron chi connectivity index (χ0n) is 43.5. The van der Waals surface area contributed by atoms with Gasteiger partial charge in [0.05, 0.1) is 33.4 Å². The van der Waals surface area contributed by atoms with E-state index in [4.69, 9.17) is 15.0 Å². The lowest BCUT2D eigenvalue weighted by molar-refractivity contribution is 1.06. The number of rotatable bonds is 10. The van der Waals surface area contributed by atoms with E-state index in [0.717, 1.165) is 83.2 Å². The lowest BCUT2D eigenvalue weighted by atomic mass is 9.98. The number of aromatic nitrogens is 5. The summed E-state index contributed by atoms with van der Waals surface area (Å²) in [5.41, 5.74) is 20.6. The van der Waals surface area contributed by atoms with Gasteiger partial charge >= 0.3 is 0 Å². The molecule has 3 aromatic heterocycles. The van der Waals surface area contributed by atoms with Crippen molar-refractivity contribution in [2.24, 2.45) is 0 Å². The Labute approximate surface area is 463 Å². The summed E-state index contributed by atoms with van der Waals surface area (Å²) in [5, 5.41) is 4.69. The molecule has 374 valence electrons. The van der Waals surface area contributed by atoms with Gasteiger partial charge < -0.3 is 9.13 Å². The van der Waals surface area contributed by atoms with Crippen LogP contribution in [0.25, 0.3) is 145 Å². The summed E-state index contributed by atoms with van der Waals surface area (Å²) in [6, 6.07) is 106. The van der Waals surface area contributed by atoms with Crippen molar-refractivity contribution in [2.45, 2.75) is 0 Å². The maximum Gasteiger partial charge on any atom is 0.166 e. The predicted octanol–water partition coefficient (Wildman–Crippen LogP) is 19.4. The van der Waals surface area contributed by atoms with E-state index in [2.05, 4.69) is 270 Å². The van der Waals surface area contributed by atoms with Gasteiger partial charge in [-0.25, -0.2) is 15.0 Å². The van der Waals surface area contributed by atoms with Crippen molar-refractivity contribution in [1.29, 1.82) is 0 Å². The van der Waals surface area contributed by atoms with Crippen molar-refractivity contribution in [2.75, 3.05) is 0 Å². The molecule has 0 bridgehead atoms. The summed E-state index contributed by atoms with van der Waals surface area (Å²) in [5.74, 6) is 1.77. The van der Waals surface area contributed by atoms with Gasteiger partial charge in [-0.05, 0) is 117 Å². The first kappa shape index (κ1) is 46.5. The Hall–Kier alpha value is -10.8. The number of para-hydroxylation sites is 1. The Morgan fingerprint density at radius 1 is 0.188 bits per heavy atom. The third-order valence-corrected chi connectivity index (χ3v) is 15.6. The van der Waals surface area contributed by atoms with Gasteiger partial charge in [-0.3, -0.25) is 0 Å². The third kappa shape index (κ3) is 8.24. The van der Waals surface area contributed by atoms with E-state index >= 15 is 0 Å². The first-order chi connectivity index (χ1) is 39.7. The van der Waals surface area contributed by atoms with Crippen molar-refractivity contribution in [3.63, 3.8) is 0 Å². The second kappa shape index (κ2) is 19.7. The maximum atomic E-state index is 5.45. The lowest BCUT2D eigenvalue weighted by Gasteiger charge is -2.18. The fourth-order valence-electron chi connectivity index (χ4n) is 11.7. The Balaban J connectivity index is 0.996. The molecule has 0 saturated heterocycles. The van der Waals surface area contributed by atoms with Crippen molar-refractivity contribution < 1.29 is 0 Å². The largest absolute Gasteiger partial charge is 0.309 e. The van der Waals surface area contributed by atoms with Gasteiger partial charge in [0.2, 0.25) is 0 Å². The highest BCUT2D eigenvalue weighted by Crippen LogP contribution is 2.44. The van der Waals surface area contributed by atoms with Crippen molar-refractivity contribution in [3.8, 4) is 101 Å². The number of hydrogen-bond donors (Lipinski definition) is 0. The summed E-state index contributed by atoms with van der Waals surface area (Å²) in [6.45, 7) is 0. The molecule has 0 amide bonds. The zero-order valence-corrected chi connectivity index (χ0v) is 43.5. The van der Waals surface area contributed by atoms with Gasteiger partial charge in [-0.2, -0.15) is 0 Å². The molecule has 12 aromatic carbocycles. The molecule has 80 heavy (non-hydrogen) atoms. The quantitative estimate of drug-likeness (QED) is 0.137. The highest BCUT2D eigenvalue weighted by molar-refractivity contribution is 6.14. The monoisotopic (exact) mass is 1020 g/mol. The Morgan fingerprint density at radius 2 is 0.475 bits per heavy atom. The smallest absolute Gasteiger partial charge is 0.166 e. The normalized spacial score (nSPS) is 11.5. The first-order valence-corrected chi connectivity index (χ1v) is 27.2. The average Bonchev–Trinajstić information content (AvgIpc) is 4.12. The highest BCUT2D eigenvalue weighted by atomic mass is 15.1. The van der Waals surface area contributed by atoms with Crippen molar-refractivity contribution >= 4 is 43.6 Å². The second-order valence-corrected chi connectivity index (χ2v) is 20.3. The van der Waals surface area contributed by atoms with Gasteiger partial charge in [0.1, 0.15) is 0 Å². The Bertz CT molecular complexity index is 4530. The minimum Gasteiger partial charge on any atom is -0.309 e. The molecule has 0 fully saturated rings. The second-order valence-electron chi connectivity index (χ2n) is 20.3. The van der Waals surface area contributed by atoms with Gasteiger partial charge in [0.15, 0.2) is 17.5 Å². The molecule has 0 N–H and O–H groups in total. The molecule has 15 aromatic rings. The van der Waals surface area contributed by atoms with Crippen LogP contribution in [0.2, 0.25) is 0 Å². The van der Waals surface area contributed by atoms with Gasteiger partial charge in [0, 0.05) is 43.8 Å². The molecular weight excluding hydrogens is 971 g/mol. The molecule has 0 atom stereocenters. The summed E-state index contributed by atoms with van der Waals surface area (Å²) < 4.78 is 4.86. The molecule has 5 nitrogen and oxygen atoms in total. The van der Waals surface area contributed by atoms with E-state index in [1.165, 1.54) is 44.2 Å². The van der Waals surface area contributed by atoms with Crippen LogP contribution in [0, 0.1) is 0 Å². The van der Waals surface area contributed by atoms with Gasteiger partial charge in [-0.1, -0.05) is 231 Å². The van der Waals surface area contributed by atoms with Gasteiger partial charge in [-0.15, -0.1) is 0 Å². The van der Waals surface area contributed by atoms with Crippen LogP contribution in [0.5, 0.6) is 0 Å². The van der Waals surface area contributed by atoms with E-state index in [1.54, 1.807) is 0 Å². The molecule has 0 aliphatic carbocycles. The predicted molar refractivity (Wildman–Crippen MR) is 332 cm³/mol. The number of fused-ring (bicyclic) bond motifs is 6. The van der Waals surface area contributed by atoms with Crippen LogP contribution in [-0.4, -0.2) is 24.1 Å². The molecule has 3 heterocycles. The van der Waals surface area contributed by atoms with E-state index in [-0.39, 0.29) is 0 Å². The van der Waals surface area contributed by atoms with Crippen molar-refractivity contribution in [3.05, 3.63) is 297 Å². The minimum atomic E-state index is 0.572. The van der Waals surface area contributed by atoms with Crippen LogP contribution < -0.4 is 0 Å². The molecule has 5 heteroatoms. The molecule has 0 spiro atoms. The number of hydrogen-bond acceptors (Lipinski definition) is 3. The minimum absolute atomic E-state index is 0.572. The Kier molecular flexibility index (Phi) is 11.4. The molecule has 0 radical (unpaired) electrons. The summed E-state index contributed by atoms with van der Waals surface area (Å²) in [7, 11) is 0. The summed E-state index contributed by atoms with van der Waals surface area (Å²) >= 11 is 0. The van der Waals surface area contributed by atoms with Crippen LogP contribution in [0.3, 0.4) is 0 Å². The van der Waals surface area contributed by atoms with E-state index in [0.29, 0.717) is 17.5 Å². The third-order valence-electron chi connectivity index (χ3n) is 15.6. The standard InChI is InChI=1S/C75H49N5/c1-7-21-50(22-8-1)56-35-40-68-62(45-56)63-46-57(51-23-9-2-10-24-51)36-41-69(63)79(68)67-34-20-19-33-61(67)60-39-44-72(66(49-60)75-77-73(54-29-15-5-16-30-54)76-74(78-75)55-31-17-6-18-32-55)80-70-42-37-58(52-25-11-3-12-26-52)47-64(70)65-48-59(38-43-71(65)80)53-27-13-4-14-28-53/h1-49H. The fraction of sp³-hybridized carbons (Fsp3) is 0.